The Morgan fingerprint density at radius 1 is 1.14 bits per heavy atom. The van der Waals surface area contributed by atoms with Gasteiger partial charge in [-0.2, -0.15) is 0 Å². The number of hydrogen-bond donors (Lipinski definition) is 1. The predicted octanol–water partition coefficient (Wildman–Crippen LogP) is 4.59. The third-order valence-electron chi connectivity index (χ3n) is 6.51. The molecule has 0 amide bonds. The van der Waals surface area contributed by atoms with E-state index in [2.05, 4.69) is 16.0 Å². The van der Waals surface area contributed by atoms with Crippen LogP contribution in [0.1, 0.15) is 42.0 Å². The number of hydrogen-bond acceptors (Lipinski definition) is 7. The van der Waals surface area contributed by atoms with Crippen molar-refractivity contribution in [1.29, 1.82) is 0 Å². The number of benzene rings is 2. The van der Waals surface area contributed by atoms with E-state index in [0.29, 0.717) is 18.2 Å². The van der Waals surface area contributed by atoms with Crippen molar-refractivity contribution in [3.63, 3.8) is 0 Å². The Bertz CT molecular complexity index is 1250. The maximum absolute atomic E-state index is 11.1. The lowest BCUT2D eigenvalue weighted by molar-refractivity contribution is -0.137. The Balaban J connectivity index is 1.17. The molecule has 3 aromatic rings. The lowest BCUT2D eigenvalue weighted by atomic mass is 9.98. The van der Waals surface area contributed by atoms with Crippen LogP contribution in [0.2, 0.25) is 0 Å². The molecule has 1 atom stereocenters. The Morgan fingerprint density at radius 2 is 2.00 bits per heavy atom. The summed E-state index contributed by atoms with van der Waals surface area (Å²) in [6, 6.07) is 13.8. The Kier molecular flexibility index (Phi) is 6.44. The summed E-state index contributed by atoms with van der Waals surface area (Å²) in [7, 11) is 2.02. The van der Waals surface area contributed by atoms with Crippen LogP contribution < -0.4 is 19.1 Å². The van der Waals surface area contributed by atoms with E-state index in [4.69, 9.17) is 24.3 Å². The molecular formula is C27H29N3O5. The van der Waals surface area contributed by atoms with Gasteiger partial charge in [0.15, 0.2) is 17.3 Å². The van der Waals surface area contributed by atoms with Gasteiger partial charge in [0.05, 0.1) is 13.0 Å². The first-order chi connectivity index (χ1) is 17.0. The van der Waals surface area contributed by atoms with Crippen LogP contribution in [0, 0.1) is 6.92 Å². The molecule has 1 aliphatic carbocycles. The van der Waals surface area contributed by atoms with Crippen LogP contribution in [0.15, 0.2) is 42.5 Å². The summed E-state index contributed by atoms with van der Waals surface area (Å²) in [6.45, 7) is 3.57. The minimum absolute atomic E-state index is 0.115. The van der Waals surface area contributed by atoms with Crippen LogP contribution in [-0.2, 0) is 11.2 Å². The second-order valence-electron chi connectivity index (χ2n) is 9.08. The molecule has 2 aliphatic rings. The van der Waals surface area contributed by atoms with Gasteiger partial charge in [-0.3, -0.25) is 4.79 Å². The number of rotatable bonds is 9. The third-order valence-corrected chi connectivity index (χ3v) is 6.51. The monoisotopic (exact) mass is 475 g/mol. The smallest absolute Gasteiger partial charge is 0.303 e. The average molecular weight is 476 g/mol. The number of aliphatic carboxylic acids is 1. The fraction of sp³-hybridized carbons (Fsp3) is 0.370. The first-order valence-corrected chi connectivity index (χ1v) is 11.9. The number of carboxylic acids is 1. The van der Waals surface area contributed by atoms with E-state index >= 15 is 0 Å². The van der Waals surface area contributed by atoms with E-state index in [1.807, 2.05) is 50.4 Å². The van der Waals surface area contributed by atoms with Crippen LogP contribution in [0.25, 0.3) is 11.4 Å². The van der Waals surface area contributed by atoms with E-state index in [-0.39, 0.29) is 19.1 Å². The highest BCUT2D eigenvalue weighted by atomic mass is 16.7. The molecule has 0 spiro atoms. The van der Waals surface area contributed by atoms with E-state index in [0.717, 1.165) is 59.9 Å². The minimum atomic E-state index is -0.741. The van der Waals surface area contributed by atoms with Gasteiger partial charge >= 0.3 is 5.97 Å². The van der Waals surface area contributed by atoms with Crippen LogP contribution in [0.5, 0.6) is 17.2 Å². The summed E-state index contributed by atoms with van der Waals surface area (Å²) in [6.07, 6.45) is 2.82. The van der Waals surface area contributed by atoms with Crippen molar-refractivity contribution in [2.45, 2.75) is 38.5 Å². The molecule has 0 bridgehead atoms. The molecule has 1 N–H and O–H groups in total. The molecule has 2 aromatic carbocycles. The van der Waals surface area contributed by atoms with Crippen molar-refractivity contribution in [2.24, 2.45) is 0 Å². The molecular weight excluding hydrogens is 446 g/mol. The molecule has 0 saturated heterocycles. The predicted molar refractivity (Wildman–Crippen MR) is 131 cm³/mol. The average Bonchev–Trinajstić information content (AvgIpc) is 3.47. The van der Waals surface area contributed by atoms with E-state index < -0.39 is 5.97 Å². The normalized spacial score (nSPS) is 15.7. The summed E-state index contributed by atoms with van der Waals surface area (Å²) in [5.41, 5.74) is 4.14. The van der Waals surface area contributed by atoms with Crippen LogP contribution in [-0.4, -0.2) is 48.0 Å². The van der Waals surface area contributed by atoms with Gasteiger partial charge in [-0.15, -0.1) is 0 Å². The van der Waals surface area contributed by atoms with Gasteiger partial charge < -0.3 is 24.2 Å². The van der Waals surface area contributed by atoms with Gasteiger partial charge in [0, 0.05) is 30.9 Å². The number of anilines is 1. The quantitative estimate of drug-likeness (QED) is 0.449. The summed E-state index contributed by atoms with van der Waals surface area (Å²) in [5.74, 6) is 3.17. The third kappa shape index (κ3) is 5.16. The zero-order valence-electron chi connectivity index (χ0n) is 20.0. The van der Waals surface area contributed by atoms with E-state index in [1.165, 1.54) is 5.56 Å². The maximum atomic E-state index is 11.1. The van der Waals surface area contributed by atoms with Crippen molar-refractivity contribution in [3.05, 3.63) is 59.3 Å². The molecule has 1 aromatic heterocycles. The molecule has 0 unspecified atom stereocenters. The van der Waals surface area contributed by atoms with Crippen molar-refractivity contribution >= 4 is 11.8 Å². The number of nitrogens with zero attached hydrogens (tertiary/aromatic N) is 3. The van der Waals surface area contributed by atoms with Gasteiger partial charge in [-0.05, 0) is 73.6 Å². The number of fused-ring (bicyclic) bond motifs is 2. The zero-order chi connectivity index (χ0) is 24.4. The second kappa shape index (κ2) is 9.82. The van der Waals surface area contributed by atoms with E-state index in [9.17, 15) is 4.79 Å². The summed E-state index contributed by atoms with van der Waals surface area (Å²) >= 11 is 0. The first-order valence-electron chi connectivity index (χ1n) is 11.9. The molecule has 8 nitrogen and oxygen atoms in total. The van der Waals surface area contributed by atoms with Crippen LogP contribution >= 0.6 is 0 Å². The van der Waals surface area contributed by atoms with Gasteiger partial charge in [-0.1, -0.05) is 6.07 Å². The molecule has 2 heterocycles. The van der Waals surface area contributed by atoms with Crippen LogP contribution in [0.3, 0.4) is 0 Å². The van der Waals surface area contributed by atoms with Crippen molar-refractivity contribution in [2.75, 3.05) is 31.9 Å². The largest absolute Gasteiger partial charge is 0.494 e. The standard InChI is InChI=1S/C27H29N3O5/c1-17-12-25(29-27(28-17)20-6-9-23-24(14-20)35-16-34-23)30(2)10-3-11-33-21-7-8-22-18(13-21)4-5-19(22)15-26(31)32/h6-9,12-14,19H,3-5,10-11,15-16H2,1-2H3,(H,31,32)/t19-/m0/s1. The van der Waals surface area contributed by atoms with Gasteiger partial charge in [0.2, 0.25) is 6.79 Å². The highest BCUT2D eigenvalue weighted by Gasteiger charge is 2.25. The van der Waals surface area contributed by atoms with Gasteiger partial charge in [0.1, 0.15) is 11.6 Å². The van der Waals surface area contributed by atoms with Gasteiger partial charge in [-0.25, -0.2) is 9.97 Å². The lowest BCUT2D eigenvalue weighted by Gasteiger charge is -2.19. The molecule has 0 fully saturated rings. The Morgan fingerprint density at radius 3 is 2.86 bits per heavy atom. The van der Waals surface area contributed by atoms with Crippen molar-refractivity contribution < 1.29 is 24.1 Å². The SMILES string of the molecule is Cc1cc(N(C)CCCOc2ccc3c(c2)CC[C@H]3CC(=O)O)nc(-c2ccc3c(c2)OCO3)n1. The number of carbonyl (C=O) groups is 1. The molecule has 0 radical (unpaired) electrons. The molecule has 1 aliphatic heterocycles. The van der Waals surface area contributed by atoms with Crippen molar-refractivity contribution in [1.82, 2.24) is 9.97 Å². The lowest BCUT2D eigenvalue weighted by Crippen LogP contribution is -2.22. The minimum Gasteiger partial charge on any atom is -0.494 e. The van der Waals surface area contributed by atoms with Crippen LogP contribution in [0.4, 0.5) is 5.82 Å². The zero-order valence-corrected chi connectivity index (χ0v) is 20.0. The van der Waals surface area contributed by atoms with Crippen molar-refractivity contribution in [3.8, 4) is 28.6 Å². The molecule has 8 heteroatoms. The highest BCUT2D eigenvalue weighted by molar-refractivity contribution is 5.68. The second-order valence-corrected chi connectivity index (χ2v) is 9.08. The molecule has 35 heavy (non-hydrogen) atoms. The van der Waals surface area contributed by atoms with Gasteiger partial charge in [0.25, 0.3) is 0 Å². The Labute approximate surface area is 204 Å². The number of aromatic nitrogens is 2. The number of aryl methyl sites for hydroxylation is 2. The molecule has 0 saturated carbocycles. The number of ether oxygens (including phenoxy) is 3. The first kappa shape index (κ1) is 23.0. The fourth-order valence-corrected chi connectivity index (χ4v) is 4.71. The topological polar surface area (TPSA) is 94.0 Å². The summed E-state index contributed by atoms with van der Waals surface area (Å²) < 4.78 is 16.9. The highest BCUT2D eigenvalue weighted by Crippen LogP contribution is 2.37. The van der Waals surface area contributed by atoms with E-state index in [1.54, 1.807) is 0 Å². The molecule has 5 rings (SSSR count). The fourth-order valence-electron chi connectivity index (χ4n) is 4.71. The summed E-state index contributed by atoms with van der Waals surface area (Å²) in [4.78, 5) is 22.5. The number of carboxylic acid groups (broad SMARTS) is 1. The Hall–Kier alpha value is -3.81. The summed E-state index contributed by atoms with van der Waals surface area (Å²) in [5, 5.41) is 9.10. The maximum Gasteiger partial charge on any atom is 0.303 e. The molecule has 182 valence electrons.